The fourth-order valence-corrected chi connectivity index (χ4v) is 3.54. The highest BCUT2D eigenvalue weighted by molar-refractivity contribution is 5.95. The summed E-state index contributed by atoms with van der Waals surface area (Å²) in [6, 6.07) is 7.60. The maximum atomic E-state index is 13.7. The zero-order valence-corrected chi connectivity index (χ0v) is 11.7. The van der Waals surface area contributed by atoms with Gasteiger partial charge in [0, 0.05) is 18.0 Å². The summed E-state index contributed by atoms with van der Waals surface area (Å²) in [6.07, 6.45) is 0.772. The van der Waals surface area contributed by atoms with Crippen molar-refractivity contribution >= 4 is 5.91 Å². The predicted octanol–water partition coefficient (Wildman–Crippen LogP) is 3.31. The standard InChI is InChI=1S/C17H11F4NO/c18-10-6-11(19)15(21)13(14(10)20)17(23)22-16-9-5-7-3-1-2-4-8(7)12(9)16/h1-4,6,9,12,16H,5H2,(H,22,23)/t9-,12+,16+/m0/s1. The first-order valence-electron chi connectivity index (χ1n) is 7.20. The number of rotatable bonds is 2. The Kier molecular flexibility index (Phi) is 2.98. The number of fused-ring (bicyclic) bond motifs is 3. The second kappa shape index (κ2) is 4.81. The van der Waals surface area contributed by atoms with Crippen molar-refractivity contribution in [1.82, 2.24) is 5.32 Å². The summed E-state index contributed by atoms with van der Waals surface area (Å²) in [5, 5.41) is 2.50. The average Bonchev–Trinajstić information content (AvgIpc) is 3.03. The zero-order valence-electron chi connectivity index (χ0n) is 11.7. The van der Waals surface area contributed by atoms with Crippen LogP contribution < -0.4 is 5.32 Å². The zero-order chi connectivity index (χ0) is 16.3. The van der Waals surface area contributed by atoms with Crippen LogP contribution >= 0.6 is 0 Å². The van der Waals surface area contributed by atoms with Crippen LogP contribution in [0.2, 0.25) is 0 Å². The number of halogens is 4. The lowest BCUT2D eigenvalue weighted by Gasteiger charge is -2.11. The van der Waals surface area contributed by atoms with Crippen LogP contribution in [0.3, 0.4) is 0 Å². The molecule has 0 radical (unpaired) electrons. The van der Waals surface area contributed by atoms with Crippen LogP contribution in [0.5, 0.6) is 0 Å². The highest BCUT2D eigenvalue weighted by atomic mass is 19.2. The molecule has 4 rings (SSSR count). The van der Waals surface area contributed by atoms with E-state index in [1.54, 1.807) is 0 Å². The van der Waals surface area contributed by atoms with Gasteiger partial charge in [0.25, 0.3) is 5.91 Å². The van der Waals surface area contributed by atoms with E-state index in [1.807, 2.05) is 24.3 Å². The summed E-state index contributed by atoms with van der Waals surface area (Å²) in [5.74, 6) is -7.39. The van der Waals surface area contributed by atoms with Crippen LogP contribution in [0.25, 0.3) is 0 Å². The Hall–Kier alpha value is -2.37. The molecule has 1 fully saturated rings. The van der Waals surface area contributed by atoms with Gasteiger partial charge >= 0.3 is 0 Å². The highest BCUT2D eigenvalue weighted by Gasteiger charge is 2.56. The Labute approximate surface area is 129 Å². The quantitative estimate of drug-likeness (QED) is 0.667. The van der Waals surface area contributed by atoms with Gasteiger partial charge in [0.1, 0.15) is 5.56 Å². The van der Waals surface area contributed by atoms with Gasteiger partial charge in [-0.2, -0.15) is 0 Å². The smallest absolute Gasteiger partial charge is 0.257 e. The fraction of sp³-hybridized carbons (Fsp3) is 0.235. The molecule has 3 atom stereocenters. The molecule has 2 aromatic rings. The molecule has 0 aliphatic heterocycles. The van der Waals surface area contributed by atoms with Crippen molar-refractivity contribution in [2.24, 2.45) is 5.92 Å². The Bertz CT molecular complexity index is 809. The van der Waals surface area contributed by atoms with Gasteiger partial charge in [-0.3, -0.25) is 4.79 Å². The fourth-order valence-electron chi connectivity index (χ4n) is 3.54. The Morgan fingerprint density at radius 3 is 2.39 bits per heavy atom. The van der Waals surface area contributed by atoms with Gasteiger partial charge in [-0.05, 0) is 23.5 Å². The number of hydrogen-bond acceptors (Lipinski definition) is 1. The van der Waals surface area contributed by atoms with E-state index in [0.29, 0.717) is 0 Å². The molecular formula is C17H11F4NO. The number of amides is 1. The second-order valence-corrected chi connectivity index (χ2v) is 5.93. The molecule has 0 spiro atoms. The van der Waals surface area contributed by atoms with E-state index in [0.717, 1.165) is 12.0 Å². The summed E-state index contributed by atoms with van der Waals surface area (Å²) in [7, 11) is 0. The molecule has 2 nitrogen and oxygen atoms in total. The van der Waals surface area contributed by atoms with Crippen molar-refractivity contribution in [3.63, 3.8) is 0 Å². The van der Waals surface area contributed by atoms with Crippen molar-refractivity contribution in [2.45, 2.75) is 18.4 Å². The molecule has 0 unspecified atom stereocenters. The van der Waals surface area contributed by atoms with Crippen LogP contribution in [0.1, 0.15) is 27.4 Å². The largest absolute Gasteiger partial charge is 0.348 e. The van der Waals surface area contributed by atoms with Gasteiger partial charge in [-0.1, -0.05) is 24.3 Å². The number of hydrogen-bond donors (Lipinski definition) is 1. The third-order valence-electron chi connectivity index (χ3n) is 4.67. The molecular weight excluding hydrogens is 310 g/mol. The van der Waals surface area contributed by atoms with E-state index < -0.39 is 34.7 Å². The first-order valence-corrected chi connectivity index (χ1v) is 7.20. The molecule has 1 amide bonds. The van der Waals surface area contributed by atoms with Crippen molar-refractivity contribution in [3.05, 3.63) is 70.3 Å². The number of carbonyl (C=O) groups excluding carboxylic acids is 1. The molecule has 0 saturated heterocycles. The van der Waals surface area contributed by atoms with E-state index >= 15 is 0 Å². The summed E-state index contributed by atoms with van der Waals surface area (Å²) >= 11 is 0. The Balaban J connectivity index is 1.58. The van der Waals surface area contributed by atoms with Crippen LogP contribution in [0.4, 0.5) is 17.6 Å². The third-order valence-corrected chi connectivity index (χ3v) is 4.67. The maximum absolute atomic E-state index is 13.7. The van der Waals surface area contributed by atoms with Gasteiger partial charge in [0.05, 0.1) is 0 Å². The number of nitrogens with one attached hydrogen (secondary N) is 1. The highest BCUT2D eigenvalue weighted by Crippen LogP contribution is 2.56. The van der Waals surface area contributed by atoms with Crippen molar-refractivity contribution in [2.75, 3.05) is 0 Å². The van der Waals surface area contributed by atoms with Gasteiger partial charge in [0.2, 0.25) is 0 Å². The maximum Gasteiger partial charge on any atom is 0.257 e. The molecule has 2 aliphatic rings. The first kappa shape index (κ1) is 14.2. The molecule has 2 aliphatic carbocycles. The second-order valence-electron chi connectivity index (χ2n) is 5.93. The third kappa shape index (κ3) is 2.04. The van der Waals surface area contributed by atoms with Crippen LogP contribution in [0.15, 0.2) is 30.3 Å². The molecule has 23 heavy (non-hydrogen) atoms. The molecule has 0 aromatic heterocycles. The van der Waals surface area contributed by atoms with Crippen LogP contribution in [-0.2, 0) is 6.42 Å². The number of carbonyl (C=O) groups is 1. The summed E-state index contributed by atoms with van der Waals surface area (Å²) in [4.78, 5) is 12.1. The van der Waals surface area contributed by atoms with Gasteiger partial charge < -0.3 is 5.32 Å². The average molecular weight is 321 g/mol. The van der Waals surface area contributed by atoms with Gasteiger partial charge in [-0.15, -0.1) is 0 Å². The molecule has 0 heterocycles. The van der Waals surface area contributed by atoms with E-state index in [2.05, 4.69) is 5.32 Å². The van der Waals surface area contributed by atoms with Crippen molar-refractivity contribution in [1.29, 1.82) is 0 Å². The summed E-state index contributed by atoms with van der Waals surface area (Å²) < 4.78 is 53.7. The van der Waals surface area contributed by atoms with E-state index in [-0.39, 0.29) is 23.9 Å². The SMILES string of the molecule is O=C(N[C@@H]1[C@H]2Cc3ccccc3[C@H]21)c1c(F)c(F)cc(F)c1F. The molecule has 6 heteroatoms. The lowest BCUT2D eigenvalue weighted by molar-refractivity contribution is 0.0937. The van der Waals surface area contributed by atoms with Crippen LogP contribution in [0, 0.1) is 29.2 Å². The predicted molar refractivity (Wildman–Crippen MR) is 73.9 cm³/mol. The Morgan fingerprint density at radius 1 is 1.04 bits per heavy atom. The van der Waals surface area contributed by atoms with Gasteiger partial charge in [0.15, 0.2) is 23.3 Å². The van der Waals surface area contributed by atoms with Crippen LogP contribution in [-0.4, -0.2) is 11.9 Å². The summed E-state index contributed by atoms with van der Waals surface area (Å²) in [6.45, 7) is 0. The molecule has 2 aromatic carbocycles. The minimum absolute atomic E-state index is 0.0869. The Morgan fingerprint density at radius 2 is 1.70 bits per heavy atom. The minimum atomic E-state index is -1.67. The molecule has 118 valence electrons. The van der Waals surface area contributed by atoms with E-state index in [1.165, 1.54) is 5.56 Å². The van der Waals surface area contributed by atoms with E-state index in [9.17, 15) is 22.4 Å². The summed E-state index contributed by atoms with van der Waals surface area (Å²) in [5.41, 5.74) is 1.09. The monoisotopic (exact) mass is 321 g/mol. The lowest BCUT2D eigenvalue weighted by atomic mass is 10.0. The number of benzene rings is 2. The lowest BCUT2D eigenvalue weighted by Crippen LogP contribution is -2.31. The first-order chi connectivity index (χ1) is 11.0. The topological polar surface area (TPSA) is 29.1 Å². The molecule has 1 saturated carbocycles. The van der Waals surface area contributed by atoms with Crippen molar-refractivity contribution in [3.8, 4) is 0 Å². The van der Waals surface area contributed by atoms with Gasteiger partial charge in [-0.25, -0.2) is 17.6 Å². The normalized spacial score (nSPS) is 24.1. The molecule has 1 N–H and O–H groups in total. The molecule has 0 bridgehead atoms. The van der Waals surface area contributed by atoms with E-state index in [4.69, 9.17) is 0 Å². The minimum Gasteiger partial charge on any atom is -0.348 e. The van der Waals surface area contributed by atoms with Crippen molar-refractivity contribution < 1.29 is 22.4 Å².